The minimum Gasteiger partial charge on any atom is -0.384 e. The van der Waals surface area contributed by atoms with E-state index in [1.165, 1.54) is 0 Å². The van der Waals surface area contributed by atoms with Gasteiger partial charge >= 0.3 is 0 Å². The number of carbonyl (C=O) groups is 1. The fourth-order valence-corrected chi connectivity index (χ4v) is 1.50. The van der Waals surface area contributed by atoms with Gasteiger partial charge in [-0.2, -0.15) is 0 Å². The molecule has 2 rings (SSSR count). The molecular formula is C10H12N2O2. The second kappa shape index (κ2) is 3.75. The van der Waals surface area contributed by atoms with E-state index in [-0.39, 0.29) is 11.9 Å². The average Bonchev–Trinajstić information content (AvgIpc) is 2.19. The lowest BCUT2D eigenvalue weighted by atomic mass is 10.0. The van der Waals surface area contributed by atoms with E-state index in [0.29, 0.717) is 25.3 Å². The molecule has 0 saturated carbocycles. The summed E-state index contributed by atoms with van der Waals surface area (Å²) in [6, 6.07) is 3.57. The second-order valence-corrected chi connectivity index (χ2v) is 3.37. The van der Waals surface area contributed by atoms with Crippen LogP contribution in [0.15, 0.2) is 18.3 Å². The Hall–Kier alpha value is -1.42. The van der Waals surface area contributed by atoms with Crippen LogP contribution in [0.3, 0.4) is 0 Å². The number of hydrogen-bond acceptors (Lipinski definition) is 4. The molecule has 1 saturated heterocycles. The first kappa shape index (κ1) is 9.15. The molecule has 1 aliphatic heterocycles. The number of anilines is 1. The number of aromatic nitrogens is 1. The number of nitrogens with zero attached hydrogens (tertiary/aromatic N) is 1. The Bertz CT molecular complexity index is 334. The molecule has 14 heavy (non-hydrogen) atoms. The number of ether oxygens (including phenoxy) is 1. The maximum Gasteiger partial charge on any atom is 0.138 e. The summed E-state index contributed by atoms with van der Waals surface area (Å²) in [5.41, 5.74) is 6.39. The summed E-state index contributed by atoms with van der Waals surface area (Å²) in [5.74, 6) is 0.731. The third-order valence-corrected chi connectivity index (χ3v) is 2.29. The standard InChI is InChI=1S/C10H12N2O2/c11-10-2-1-7(6-12-10)9-5-8(13)3-4-14-9/h1-2,6,9H,3-5H2,(H2,11,12). The highest BCUT2D eigenvalue weighted by Crippen LogP contribution is 2.25. The Labute approximate surface area is 82.1 Å². The molecule has 1 fully saturated rings. The smallest absolute Gasteiger partial charge is 0.138 e. The van der Waals surface area contributed by atoms with Crippen molar-refractivity contribution in [1.29, 1.82) is 0 Å². The highest BCUT2D eigenvalue weighted by Gasteiger charge is 2.21. The number of ketones is 1. The van der Waals surface area contributed by atoms with E-state index in [9.17, 15) is 4.79 Å². The van der Waals surface area contributed by atoms with E-state index in [0.717, 1.165) is 5.56 Å². The molecule has 0 bridgehead atoms. The van der Waals surface area contributed by atoms with Crippen molar-refractivity contribution in [2.24, 2.45) is 0 Å². The van der Waals surface area contributed by atoms with Crippen molar-refractivity contribution in [2.45, 2.75) is 18.9 Å². The van der Waals surface area contributed by atoms with Crippen molar-refractivity contribution in [3.8, 4) is 0 Å². The predicted molar refractivity (Wildman–Crippen MR) is 51.6 cm³/mol. The van der Waals surface area contributed by atoms with E-state index >= 15 is 0 Å². The van der Waals surface area contributed by atoms with Crippen molar-refractivity contribution in [3.05, 3.63) is 23.9 Å². The van der Waals surface area contributed by atoms with Crippen LogP contribution in [0.5, 0.6) is 0 Å². The molecule has 1 unspecified atom stereocenters. The van der Waals surface area contributed by atoms with Crippen molar-refractivity contribution in [1.82, 2.24) is 4.98 Å². The SMILES string of the molecule is Nc1ccc(C2CC(=O)CCO2)cn1. The monoisotopic (exact) mass is 192 g/mol. The number of nitrogen functional groups attached to an aromatic ring is 1. The van der Waals surface area contributed by atoms with Gasteiger partial charge in [-0.15, -0.1) is 0 Å². The van der Waals surface area contributed by atoms with Crippen molar-refractivity contribution < 1.29 is 9.53 Å². The number of rotatable bonds is 1. The molecule has 1 aromatic heterocycles. The quantitative estimate of drug-likeness (QED) is 0.723. The summed E-state index contributed by atoms with van der Waals surface area (Å²) < 4.78 is 5.47. The Morgan fingerprint density at radius 3 is 3.00 bits per heavy atom. The molecule has 1 atom stereocenters. The molecule has 0 aromatic carbocycles. The summed E-state index contributed by atoms with van der Waals surface area (Å²) in [6.07, 6.45) is 2.51. The Balaban J connectivity index is 2.14. The van der Waals surface area contributed by atoms with Crippen LogP contribution in [-0.4, -0.2) is 17.4 Å². The van der Waals surface area contributed by atoms with Gasteiger partial charge in [-0.25, -0.2) is 4.98 Å². The molecule has 0 radical (unpaired) electrons. The number of Topliss-reactive ketones (excluding diaryl/α,β-unsaturated/α-hetero) is 1. The zero-order valence-corrected chi connectivity index (χ0v) is 7.77. The zero-order chi connectivity index (χ0) is 9.97. The first-order valence-electron chi connectivity index (χ1n) is 4.60. The van der Waals surface area contributed by atoms with Gasteiger partial charge in [-0.1, -0.05) is 6.07 Å². The molecule has 2 N–H and O–H groups in total. The minimum absolute atomic E-state index is 0.135. The molecule has 74 valence electrons. The zero-order valence-electron chi connectivity index (χ0n) is 7.77. The number of nitrogens with two attached hydrogens (primary N) is 1. The predicted octanol–water partition coefficient (Wildman–Crippen LogP) is 1.08. The van der Waals surface area contributed by atoms with E-state index < -0.39 is 0 Å². The van der Waals surface area contributed by atoms with Gasteiger partial charge < -0.3 is 10.5 Å². The fraction of sp³-hybridized carbons (Fsp3) is 0.400. The van der Waals surface area contributed by atoms with Crippen LogP contribution in [0.2, 0.25) is 0 Å². The van der Waals surface area contributed by atoms with Crippen LogP contribution in [0.25, 0.3) is 0 Å². The molecule has 4 nitrogen and oxygen atoms in total. The number of carbonyl (C=O) groups excluding carboxylic acids is 1. The average molecular weight is 192 g/mol. The number of hydrogen-bond donors (Lipinski definition) is 1. The lowest BCUT2D eigenvalue weighted by Gasteiger charge is -2.21. The van der Waals surface area contributed by atoms with Gasteiger partial charge in [0, 0.05) is 19.0 Å². The van der Waals surface area contributed by atoms with E-state index in [4.69, 9.17) is 10.5 Å². The minimum atomic E-state index is -0.135. The Kier molecular flexibility index (Phi) is 2.45. The van der Waals surface area contributed by atoms with Crippen LogP contribution in [-0.2, 0) is 9.53 Å². The molecule has 0 aliphatic carbocycles. The number of pyridine rings is 1. The van der Waals surface area contributed by atoms with Gasteiger partial charge in [-0.3, -0.25) is 4.79 Å². The van der Waals surface area contributed by atoms with Crippen LogP contribution in [0, 0.1) is 0 Å². The van der Waals surface area contributed by atoms with Gasteiger partial charge in [0.05, 0.1) is 12.7 Å². The van der Waals surface area contributed by atoms with Crippen LogP contribution >= 0.6 is 0 Å². The van der Waals surface area contributed by atoms with Crippen molar-refractivity contribution in [2.75, 3.05) is 12.3 Å². The van der Waals surface area contributed by atoms with E-state index in [1.54, 1.807) is 12.3 Å². The summed E-state index contributed by atoms with van der Waals surface area (Å²) >= 11 is 0. The summed E-state index contributed by atoms with van der Waals surface area (Å²) in [6.45, 7) is 0.508. The first-order valence-corrected chi connectivity index (χ1v) is 4.60. The summed E-state index contributed by atoms with van der Waals surface area (Å²) in [7, 11) is 0. The molecule has 1 aliphatic rings. The molecule has 4 heteroatoms. The van der Waals surface area contributed by atoms with Crippen LogP contribution < -0.4 is 5.73 Å². The van der Waals surface area contributed by atoms with Gasteiger partial charge in [0.15, 0.2) is 0 Å². The highest BCUT2D eigenvalue weighted by atomic mass is 16.5. The Morgan fingerprint density at radius 1 is 1.50 bits per heavy atom. The summed E-state index contributed by atoms with van der Waals surface area (Å²) in [4.78, 5) is 15.2. The maximum atomic E-state index is 11.2. The lowest BCUT2D eigenvalue weighted by Crippen LogP contribution is -2.19. The topological polar surface area (TPSA) is 65.2 Å². The van der Waals surface area contributed by atoms with E-state index in [1.807, 2.05) is 6.07 Å². The molecule has 0 amide bonds. The maximum absolute atomic E-state index is 11.2. The Morgan fingerprint density at radius 2 is 2.36 bits per heavy atom. The van der Waals surface area contributed by atoms with Gasteiger partial charge in [0.2, 0.25) is 0 Å². The third kappa shape index (κ3) is 1.90. The molecule has 1 aromatic rings. The highest BCUT2D eigenvalue weighted by molar-refractivity contribution is 5.79. The third-order valence-electron chi connectivity index (χ3n) is 2.29. The normalized spacial score (nSPS) is 22.3. The van der Waals surface area contributed by atoms with Crippen LogP contribution in [0.1, 0.15) is 24.5 Å². The van der Waals surface area contributed by atoms with Crippen LogP contribution in [0.4, 0.5) is 5.82 Å². The van der Waals surface area contributed by atoms with E-state index in [2.05, 4.69) is 4.98 Å². The van der Waals surface area contributed by atoms with Gasteiger partial charge in [-0.05, 0) is 11.6 Å². The fourth-order valence-electron chi connectivity index (χ4n) is 1.50. The molecule has 0 spiro atoms. The van der Waals surface area contributed by atoms with Crippen molar-refractivity contribution in [3.63, 3.8) is 0 Å². The van der Waals surface area contributed by atoms with Gasteiger partial charge in [0.1, 0.15) is 11.6 Å². The lowest BCUT2D eigenvalue weighted by molar-refractivity contribution is -0.128. The van der Waals surface area contributed by atoms with Gasteiger partial charge in [0.25, 0.3) is 0 Å². The molecular weight excluding hydrogens is 180 g/mol. The first-order chi connectivity index (χ1) is 6.75. The largest absolute Gasteiger partial charge is 0.384 e. The second-order valence-electron chi connectivity index (χ2n) is 3.37. The molecule has 2 heterocycles. The van der Waals surface area contributed by atoms with Crippen molar-refractivity contribution >= 4 is 11.6 Å². The summed E-state index contributed by atoms with van der Waals surface area (Å²) in [5, 5.41) is 0.